The van der Waals surface area contributed by atoms with E-state index in [2.05, 4.69) is 15.6 Å². The van der Waals surface area contributed by atoms with Crippen LogP contribution in [0.2, 0.25) is 0 Å². The van der Waals surface area contributed by atoms with Gasteiger partial charge in [-0.25, -0.2) is 9.37 Å². The molecule has 0 bridgehead atoms. The monoisotopic (exact) mass is 349 g/mol. The molecule has 0 aliphatic carbocycles. The molecule has 0 radical (unpaired) electrons. The molecule has 5 nitrogen and oxygen atoms in total. The van der Waals surface area contributed by atoms with E-state index in [0.29, 0.717) is 11.6 Å². The van der Waals surface area contributed by atoms with Gasteiger partial charge in [0.1, 0.15) is 5.82 Å². The summed E-state index contributed by atoms with van der Waals surface area (Å²) in [4.78, 5) is 28.7. The molecule has 0 saturated heterocycles. The molecule has 1 aromatic heterocycles. The molecule has 1 aromatic carbocycles. The van der Waals surface area contributed by atoms with E-state index in [1.54, 1.807) is 39.1 Å². The van der Waals surface area contributed by atoms with E-state index in [0.717, 1.165) is 10.4 Å². The third-order valence-electron chi connectivity index (χ3n) is 3.18. The lowest BCUT2D eigenvalue weighted by Gasteiger charge is -2.17. The summed E-state index contributed by atoms with van der Waals surface area (Å²) < 4.78 is 12.9. The van der Waals surface area contributed by atoms with Crippen LogP contribution in [0.15, 0.2) is 30.5 Å². The fourth-order valence-corrected chi connectivity index (χ4v) is 2.70. The number of anilines is 1. The second-order valence-corrected chi connectivity index (χ2v) is 7.53. The largest absolute Gasteiger partial charge is 0.347 e. The van der Waals surface area contributed by atoms with Gasteiger partial charge in [0.05, 0.1) is 6.54 Å². The highest BCUT2D eigenvalue weighted by atomic mass is 32.1. The lowest BCUT2D eigenvalue weighted by atomic mass is 9.96. The van der Waals surface area contributed by atoms with E-state index in [4.69, 9.17) is 0 Å². The molecule has 0 atom stereocenters. The number of halogens is 1. The molecular weight excluding hydrogens is 329 g/mol. The van der Waals surface area contributed by atoms with Crippen LogP contribution in [0.3, 0.4) is 0 Å². The Bertz CT molecular complexity index is 720. The van der Waals surface area contributed by atoms with Gasteiger partial charge in [0.15, 0.2) is 5.13 Å². The minimum atomic E-state index is -0.538. The van der Waals surface area contributed by atoms with Gasteiger partial charge < -0.3 is 10.6 Å². The van der Waals surface area contributed by atoms with Crippen LogP contribution in [-0.2, 0) is 16.0 Å². The van der Waals surface area contributed by atoms with Gasteiger partial charge in [-0.3, -0.25) is 9.59 Å². The van der Waals surface area contributed by atoms with E-state index in [1.807, 2.05) is 0 Å². The molecule has 0 aliphatic heterocycles. The average molecular weight is 349 g/mol. The van der Waals surface area contributed by atoms with Crippen molar-refractivity contribution in [1.82, 2.24) is 10.3 Å². The lowest BCUT2D eigenvalue weighted by Crippen LogP contribution is -2.39. The van der Waals surface area contributed by atoms with Crippen molar-refractivity contribution in [3.8, 4) is 0 Å². The molecule has 2 N–H and O–H groups in total. The van der Waals surface area contributed by atoms with Crippen LogP contribution in [-0.4, -0.2) is 23.3 Å². The first-order valence-corrected chi connectivity index (χ1v) is 8.33. The Hall–Kier alpha value is -2.28. The van der Waals surface area contributed by atoms with E-state index in [-0.39, 0.29) is 24.2 Å². The van der Waals surface area contributed by atoms with Gasteiger partial charge in [-0.2, -0.15) is 0 Å². The maximum atomic E-state index is 12.9. The third-order valence-corrected chi connectivity index (χ3v) is 4.09. The standard InChI is InChI=1S/C17H20FN3O2S/c1-17(2,3)15(23)19-10-14(22)21-16-20-9-13(24-16)8-11-4-6-12(18)7-5-11/h4-7,9H,8,10H2,1-3H3,(H,19,23)(H,20,21,22). The molecule has 0 unspecified atom stereocenters. The van der Waals surface area contributed by atoms with E-state index in [1.165, 1.54) is 23.5 Å². The molecule has 0 fully saturated rings. The minimum absolute atomic E-state index is 0.0943. The van der Waals surface area contributed by atoms with Crippen molar-refractivity contribution in [1.29, 1.82) is 0 Å². The van der Waals surface area contributed by atoms with Gasteiger partial charge >= 0.3 is 0 Å². The Morgan fingerprint density at radius 2 is 1.88 bits per heavy atom. The van der Waals surface area contributed by atoms with Crippen molar-refractivity contribution in [3.05, 3.63) is 46.7 Å². The number of amides is 2. The fourth-order valence-electron chi connectivity index (χ4n) is 1.84. The van der Waals surface area contributed by atoms with Crippen molar-refractivity contribution >= 4 is 28.3 Å². The van der Waals surface area contributed by atoms with Crippen LogP contribution in [0, 0.1) is 11.2 Å². The first-order valence-electron chi connectivity index (χ1n) is 7.51. The van der Waals surface area contributed by atoms with Crippen molar-refractivity contribution in [3.63, 3.8) is 0 Å². The lowest BCUT2D eigenvalue weighted by molar-refractivity contribution is -0.130. The van der Waals surface area contributed by atoms with Crippen molar-refractivity contribution in [2.24, 2.45) is 5.41 Å². The third kappa shape index (κ3) is 5.42. The molecule has 7 heteroatoms. The van der Waals surface area contributed by atoms with Crippen molar-refractivity contribution in [2.75, 3.05) is 11.9 Å². The number of rotatable bonds is 5. The number of nitrogens with zero attached hydrogens (tertiary/aromatic N) is 1. The summed E-state index contributed by atoms with van der Waals surface area (Å²) in [5.41, 5.74) is 0.430. The van der Waals surface area contributed by atoms with E-state index >= 15 is 0 Å². The SMILES string of the molecule is CC(C)(C)C(=O)NCC(=O)Nc1ncc(Cc2ccc(F)cc2)s1. The number of nitrogens with one attached hydrogen (secondary N) is 2. The number of benzene rings is 1. The highest BCUT2D eigenvalue weighted by molar-refractivity contribution is 7.15. The molecule has 2 aromatic rings. The Morgan fingerprint density at radius 3 is 2.50 bits per heavy atom. The maximum absolute atomic E-state index is 12.9. The van der Waals surface area contributed by atoms with Crippen LogP contribution in [0.5, 0.6) is 0 Å². The molecule has 1 heterocycles. The first kappa shape index (κ1) is 18.1. The van der Waals surface area contributed by atoms with Crippen LogP contribution >= 0.6 is 11.3 Å². The molecule has 128 valence electrons. The summed E-state index contributed by atoms with van der Waals surface area (Å²) in [7, 11) is 0. The van der Waals surface area contributed by atoms with Gasteiger partial charge in [0, 0.05) is 22.9 Å². The number of carbonyl (C=O) groups excluding carboxylic acids is 2. The summed E-state index contributed by atoms with van der Waals surface area (Å²) in [6, 6.07) is 6.26. The average Bonchev–Trinajstić information content (AvgIpc) is 2.93. The predicted octanol–water partition coefficient (Wildman–Crippen LogP) is 2.97. The highest BCUT2D eigenvalue weighted by Crippen LogP contribution is 2.21. The summed E-state index contributed by atoms with van der Waals surface area (Å²) in [6.45, 7) is 5.25. The van der Waals surface area contributed by atoms with Gasteiger partial charge in [-0.05, 0) is 17.7 Å². The summed E-state index contributed by atoms with van der Waals surface area (Å²) in [5.74, 6) is -0.780. The summed E-state index contributed by atoms with van der Waals surface area (Å²) in [6.07, 6.45) is 2.30. The normalized spacial score (nSPS) is 11.2. The summed E-state index contributed by atoms with van der Waals surface area (Å²) >= 11 is 1.35. The van der Waals surface area contributed by atoms with Crippen molar-refractivity contribution < 1.29 is 14.0 Å². The molecule has 0 aliphatic rings. The maximum Gasteiger partial charge on any atom is 0.245 e. The zero-order valence-corrected chi connectivity index (χ0v) is 14.7. The van der Waals surface area contributed by atoms with E-state index < -0.39 is 5.41 Å². The smallest absolute Gasteiger partial charge is 0.245 e. The highest BCUT2D eigenvalue weighted by Gasteiger charge is 2.21. The Balaban J connectivity index is 1.85. The van der Waals surface area contributed by atoms with Crippen LogP contribution in [0.25, 0.3) is 0 Å². The van der Waals surface area contributed by atoms with Gasteiger partial charge in [-0.15, -0.1) is 11.3 Å². The molecule has 24 heavy (non-hydrogen) atoms. The number of hydrogen-bond donors (Lipinski definition) is 2. The second kappa shape index (κ2) is 7.53. The zero-order chi connectivity index (χ0) is 17.7. The number of aromatic nitrogens is 1. The zero-order valence-electron chi connectivity index (χ0n) is 13.9. The van der Waals surface area contributed by atoms with Gasteiger partial charge in [0.25, 0.3) is 0 Å². The van der Waals surface area contributed by atoms with Crippen molar-refractivity contribution in [2.45, 2.75) is 27.2 Å². The molecular formula is C17H20FN3O2S. The molecule has 2 rings (SSSR count). The molecule has 0 saturated carbocycles. The number of carbonyl (C=O) groups is 2. The van der Waals surface area contributed by atoms with Gasteiger partial charge in [-0.1, -0.05) is 32.9 Å². The second-order valence-electron chi connectivity index (χ2n) is 6.42. The van der Waals surface area contributed by atoms with E-state index in [9.17, 15) is 14.0 Å². The molecule has 0 spiro atoms. The van der Waals surface area contributed by atoms with Crippen LogP contribution in [0.4, 0.5) is 9.52 Å². The quantitative estimate of drug-likeness (QED) is 0.872. The number of thiazole rings is 1. The van der Waals surface area contributed by atoms with Crippen LogP contribution in [0.1, 0.15) is 31.2 Å². The Morgan fingerprint density at radius 1 is 1.21 bits per heavy atom. The summed E-state index contributed by atoms with van der Waals surface area (Å²) in [5, 5.41) is 5.72. The first-order chi connectivity index (χ1) is 11.2. The molecule has 2 amide bonds. The Kier molecular flexibility index (Phi) is 5.66. The topological polar surface area (TPSA) is 71.1 Å². The minimum Gasteiger partial charge on any atom is -0.347 e. The number of hydrogen-bond acceptors (Lipinski definition) is 4. The van der Waals surface area contributed by atoms with Crippen LogP contribution < -0.4 is 10.6 Å². The Labute approximate surface area is 144 Å². The van der Waals surface area contributed by atoms with Gasteiger partial charge in [0.2, 0.25) is 11.8 Å². The fraction of sp³-hybridized carbons (Fsp3) is 0.353. The predicted molar refractivity (Wildman–Crippen MR) is 92.4 cm³/mol.